The number of benzene rings is 1. The van der Waals surface area contributed by atoms with E-state index < -0.39 is 0 Å². The van der Waals surface area contributed by atoms with Crippen molar-refractivity contribution in [3.05, 3.63) is 48.2 Å². The summed E-state index contributed by atoms with van der Waals surface area (Å²) in [6.45, 7) is 2.04. The van der Waals surface area contributed by atoms with Crippen molar-refractivity contribution >= 4 is 0 Å². The number of aliphatic hydroxyl groups excluding tert-OH is 1. The molecule has 1 atom stereocenters. The maximum Gasteiger partial charge on any atom is 0.0757 e. The molecule has 58 valence electrons. The molecule has 0 saturated heterocycles. The number of rotatable bonds is 2. The van der Waals surface area contributed by atoms with E-state index in [-0.39, 0.29) is 0 Å². The molecule has 1 heteroatoms. The Kier molecular flexibility index (Phi) is 2.73. The van der Waals surface area contributed by atoms with E-state index in [4.69, 9.17) is 5.11 Å². The molecule has 0 saturated carbocycles. The van der Waals surface area contributed by atoms with Crippen LogP contribution in [0.15, 0.2) is 42.7 Å². The van der Waals surface area contributed by atoms with Gasteiger partial charge in [-0.05, 0) is 11.6 Å². The largest absolute Gasteiger partial charge is 0.516 e. The number of allylic oxidation sites excluding steroid dienone is 1. The molecular weight excluding hydrogens is 136 g/mol. The quantitative estimate of drug-likeness (QED) is 0.639. The normalized spacial score (nSPS) is 13.5. The second-order valence-electron chi connectivity index (χ2n) is 2.54. The summed E-state index contributed by atoms with van der Waals surface area (Å²) in [5.41, 5.74) is 1.22. The van der Waals surface area contributed by atoms with Gasteiger partial charge >= 0.3 is 0 Å². The molecule has 0 aromatic heterocycles. The van der Waals surface area contributed by atoms with Crippen LogP contribution < -0.4 is 0 Å². The molecule has 1 rings (SSSR count). The van der Waals surface area contributed by atoms with Gasteiger partial charge in [0.25, 0.3) is 0 Å². The molecule has 1 aromatic rings. The molecule has 0 aliphatic rings. The third-order valence-corrected chi connectivity index (χ3v) is 1.70. The Morgan fingerprint density at radius 2 is 1.91 bits per heavy atom. The van der Waals surface area contributed by atoms with E-state index in [1.807, 2.05) is 37.3 Å². The van der Waals surface area contributed by atoms with Crippen LogP contribution in [0.1, 0.15) is 18.4 Å². The van der Waals surface area contributed by atoms with Gasteiger partial charge in [0.15, 0.2) is 0 Å². The Morgan fingerprint density at radius 1 is 1.27 bits per heavy atom. The lowest BCUT2D eigenvalue weighted by molar-refractivity contribution is 0.469. The summed E-state index contributed by atoms with van der Waals surface area (Å²) in [6, 6.07) is 10.1. The molecule has 1 nitrogen and oxygen atoms in total. The van der Waals surface area contributed by atoms with E-state index in [1.54, 1.807) is 6.08 Å². The summed E-state index contributed by atoms with van der Waals surface area (Å²) >= 11 is 0. The molecule has 0 heterocycles. The van der Waals surface area contributed by atoms with Crippen LogP contribution in [0.3, 0.4) is 0 Å². The van der Waals surface area contributed by atoms with Crippen molar-refractivity contribution in [2.75, 3.05) is 0 Å². The van der Waals surface area contributed by atoms with Crippen molar-refractivity contribution in [3.63, 3.8) is 0 Å². The third-order valence-electron chi connectivity index (χ3n) is 1.70. The van der Waals surface area contributed by atoms with Crippen LogP contribution in [-0.4, -0.2) is 5.11 Å². The fourth-order valence-electron chi connectivity index (χ4n) is 0.997. The fraction of sp³-hybridized carbons (Fsp3) is 0.200. The summed E-state index contributed by atoms with van der Waals surface area (Å²) in [6.07, 6.45) is 2.85. The first-order chi connectivity index (χ1) is 5.34. The highest BCUT2D eigenvalue weighted by atomic mass is 16.2. The first-order valence-electron chi connectivity index (χ1n) is 3.70. The Bertz CT molecular complexity index is 226. The van der Waals surface area contributed by atoms with Gasteiger partial charge in [-0.15, -0.1) is 0 Å². The highest BCUT2D eigenvalue weighted by Crippen LogP contribution is 2.14. The molecule has 0 radical (unpaired) electrons. The van der Waals surface area contributed by atoms with Crippen LogP contribution in [0.2, 0.25) is 0 Å². The number of aliphatic hydroxyl groups is 1. The number of hydrogen-bond acceptors (Lipinski definition) is 1. The molecule has 0 amide bonds. The predicted octanol–water partition coefficient (Wildman–Crippen LogP) is 2.86. The summed E-state index contributed by atoms with van der Waals surface area (Å²) < 4.78 is 0. The number of hydrogen-bond donors (Lipinski definition) is 1. The highest BCUT2D eigenvalue weighted by molar-refractivity contribution is 5.22. The van der Waals surface area contributed by atoms with Gasteiger partial charge in [0.2, 0.25) is 0 Å². The first-order valence-corrected chi connectivity index (χ1v) is 3.70. The van der Waals surface area contributed by atoms with Crippen molar-refractivity contribution in [2.45, 2.75) is 12.8 Å². The molecule has 0 aliphatic heterocycles. The van der Waals surface area contributed by atoms with Crippen LogP contribution in [-0.2, 0) is 0 Å². The molecule has 0 aliphatic carbocycles. The topological polar surface area (TPSA) is 20.2 Å². The van der Waals surface area contributed by atoms with Gasteiger partial charge in [0, 0.05) is 5.92 Å². The molecule has 1 unspecified atom stereocenters. The summed E-state index contributed by atoms with van der Waals surface area (Å²) in [5, 5.41) is 8.52. The molecule has 0 bridgehead atoms. The second-order valence-corrected chi connectivity index (χ2v) is 2.54. The lowest BCUT2D eigenvalue weighted by Crippen LogP contribution is -1.86. The van der Waals surface area contributed by atoms with Crippen LogP contribution in [0.5, 0.6) is 0 Å². The van der Waals surface area contributed by atoms with Crippen LogP contribution in [0.4, 0.5) is 0 Å². The average Bonchev–Trinajstić information content (AvgIpc) is 2.07. The van der Waals surface area contributed by atoms with Crippen molar-refractivity contribution in [1.29, 1.82) is 0 Å². The fourth-order valence-corrected chi connectivity index (χ4v) is 0.997. The zero-order valence-corrected chi connectivity index (χ0v) is 6.57. The Morgan fingerprint density at radius 3 is 2.45 bits per heavy atom. The van der Waals surface area contributed by atoms with Crippen molar-refractivity contribution in [1.82, 2.24) is 0 Å². The lowest BCUT2D eigenvalue weighted by atomic mass is 10.0. The van der Waals surface area contributed by atoms with Gasteiger partial charge in [-0.1, -0.05) is 37.3 Å². The molecule has 11 heavy (non-hydrogen) atoms. The van der Waals surface area contributed by atoms with Crippen molar-refractivity contribution in [2.24, 2.45) is 0 Å². The van der Waals surface area contributed by atoms with Crippen molar-refractivity contribution < 1.29 is 5.11 Å². The Labute approximate surface area is 67.0 Å². The van der Waals surface area contributed by atoms with Crippen molar-refractivity contribution in [3.8, 4) is 0 Å². The van der Waals surface area contributed by atoms with E-state index in [1.165, 1.54) is 5.56 Å². The van der Waals surface area contributed by atoms with Crippen LogP contribution >= 0.6 is 0 Å². The Hall–Kier alpha value is -1.24. The molecule has 1 N–H and O–H groups in total. The molecular formula is C10H12O. The summed E-state index contributed by atoms with van der Waals surface area (Å²) in [5.74, 6) is 0.293. The zero-order valence-electron chi connectivity index (χ0n) is 6.57. The molecule has 0 fully saturated rings. The maximum atomic E-state index is 8.52. The van der Waals surface area contributed by atoms with Gasteiger partial charge in [-0.25, -0.2) is 0 Å². The average molecular weight is 148 g/mol. The minimum absolute atomic E-state index is 0.293. The molecule has 0 spiro atoms. The van der Waals surface area contributed by atoms with Gasteiger partial charge < -0.3 is 5.11 Å². The SMILES string of the molecule is CC(/C=C/O)c1ccccc1. The third kappa shape index (κ3) is 2.11. The summed E-state index contributed by atoms with van der Waals surface area (Å²) in [4.78, 5) is 0. The van der Waals surface area contributed by atoms with Gasteiger partial charge in [0.05, 0.1) is 6.26 Å². The summed E-state index contributed by atoms with van der Waals surface area (Å²) in [7, 11) is 0. The zero-order chi connectivity index (χ0) is 8.10. The van der Waals surface area contributed by atoms with E-state index in [9.17, 15) is 0 Å². The maximum absolute atomic E-state index is 8.52. The predicted molar refractivity (Wildman–Crippen MR) is 46.6 cm³/mol. The monoisotopic (exact) mass is 148 g/mol. The first kappa shape index (κ1) is 7.86. The minimum Gasteiger partial charge on any atom is -0.516 e. The van der Waals surface area contributed by atoms with E-state index in [0.29, 0.717) is 5.92 Å². The van der Waals surface area contributed by atoms with Crippen LogP contribution in [0.25, 0.3) is 0 Å². The minimum atomic E-state index is 0.293. The smallest absolute Gasteiger partial charge is 0.0757 e. The van der Waals surface area contributed by atoms with Gasteiger partial charge in [0.1, 0.15) is 0 Å². The van der Waals surface area contributed by atoms with Crippen LogP contribution in [0, 0.1) is 0 Å². The highest BCUT2D eigenvalue weighted by Gasteiger charge is 1.97. The second kappa shape index (κ2) is 3.81. The van der Waals surface area contributed by atoms with E-state index in [0.717, 1.165) is 6.26 Å². The standard InChI is InChI=1S/C10H12O/c1-9(7-8-11)10-5-3-2-4-6-10/h2-9,11H,1H3/b8-7+. The van der Waals surface area contributed by atoms with E-state index >= 15 is 0 Å². The van der Waals surface area contributed by atoms with E-state index in [2.05, 4.69) is 0 Å². The molecule has 1 aromatic carbocycles. The van der Waals surface area contributed by atoms with Gasteiger partial charge in [-0.2, -0.15) is 0 Å². The Balaban J connectivity index is 2.76. The van der Waals surface area contributed by atoms with Gasteiger partial charge in [-0.3, -0.25) is 0 Å². The lowest BCUT2D eigenvalue weighted by Gasteiger charge is -2.03.